The quantitative estimate of drug-likeness (QED) is 0.391. The topological polar surface area (TPSA) is 35.5 Å². The number of ether oxygens (including phenoxy) is 2. The maximum atomic E-state index is 12.9. The predicted molar refractivity (Wildman–Crippen MR) is 103 cm³/mol. The molecule has 0 saturated heterocycles. The van der Waals surface area contributed by atoms with Crippen LogP contribution in [0.2, 0.25) is 5.02 Å². The van der Waals surface area contributed by atoms with E-state index < -0.39 is 11.7 Å². The van der Waals surface area contributed by atoms with Crippen molar-refractivity contribution < 1.29 is 27.4 Å². The molecule has 4 rings (SSSR count). The summed E-state index contributed by atoms with van der Waals surface area (Å²) < 4.78 is 50.0. The summed E-state index contributed by atoms with van der Waals surface area (Å²) >= 11 is 6.45. The standard InChI is InChI=1S/C22H20ClF3O3/c23-18-10-17(29-21(27)15-2-1-3-15)11-19(28-12-13-4-5-13)20(18)14-6-8-16(9-7-14)22(24,25)26/h6-11,13,15H,1-5,12H2. The average Bonchev–Trinajstić information content (AvgIpc) is 3.42. The molecule has 0 bridgehead atoms. The molecule has 0 radical (unpaired) electrons. The van der Waals surface area contributed by atoms with Crippen molar-refractivity contribution in [3.05, 3.63) is 47.0 Å². The molecule has 2 aliphatic rings. The van der Waals surface area contributed by atoms with Crippen LogP contribution in [0.25, 0.3) is 11.1 Å². The molecular weight excluding hydrogens is 405 g/mol. The number of esters is 1. The van der Waals surface area contributed by atoms with Gasteiger partial charge in [0, 0.05) is 17.7 Å². The van der Waals surface area contributed by atoms with Crippen LogP contribution in [-0.4, -0.2) is 12.6 Å². The van der Waals surface area contributed by atoms with Gasteiger partial charge < -0.3 is 9.47 Å². The first-order valence-corrected chi connectivity index (χ1v) is 10.0. The minimum absolute atomic E-state index is 0.0841. The Balaban J connectivity index is 1.64. The predicted octanol–water partition coefficient (Wildman–Crippen LogP) is 6.52. The van der Waals surface area contributed by atoms with Gasteiger partial charge in [0.25, 0.3) is 0 Å². The molecule has 2 saturated carbocycles. The Kier molecular flexibility index (Phi) is 5.47. The normalized spacial score (nSPS) is 17.0. The van der Waals surface area contributed by atoms with Crippen molar-refractivity contribution in [3.63, 3.8) is 0 Å². The summed E-state index contributed by atoms with van der Waals surface area (Å²) in [6.45, 7) is 0.490. The number of halogens is 4. The van der Waals surface area contributed by atoms with Crippen LogP contribution >= 0.6 is 11.6 Å². The molecular formula is C22H20ClF3O3. The van der Waals surface area contributed by atoms with Gasteiger partial charge in [-0.2, -0.15) is 13.2 Å². The Morgan fingerprint density at radius 3 is 2.31 bits per heavy atom. The van der Waals surface area contributed by atoms with E-state index in [1.165, 1.54) is 18.2 Å². The monoisotopic (exact) mass is 424 g/mol. The summed E-state index contributed by atoms with van der Waals surface area (Å²) in [5, 5.41) is 0.259. The van der Waals surface area contributed by atoms with Crippen LogP contribution in [-0.2, 0) is 11.0 Å². The van der Waals surface area contributed by atoms with Crippen LogP contribution in [0.3, 0.4) is 0 Å². The summed E-state index contributed by atoms with van der Waals surface area (Å²) in [6.07, 6.45) is 0.415. The Bertz CT molecular complexity index is 901. The van der Waals surface area contributed by atoms with Crippen molar-refractivity contribution in [2.45, 2.75) is 38.3 Å². The van der Waals surface area contributed by atoms with Gasteiger partial charge in [-0.15, -0.1) is 0 Å². The second-order valence-electron chi connectivity index (χ2n) is 7.66. The Morgan fingerprint density at radius 1 is 1.07 bits per heavy atom. The second-order valence-corrected chi connectivity index (χ2v) is 8.06. The largest absolute Gasteiger partial charge is 0.492 e. The van der Waals surface area contributed by atoms with Crippen LogP contribution in [0.4, 0.5) is 13.2 Å². The lowest BCUT2D eigenvalue weighted by atomic mass is 9.86. The van der Waals surface area contributed by atoms with Gasteiger partial charge >= 0.3 is 12.1 Å². The first kappa shape index (κ1) is 20.1. The molecule has 0 atom stereocenters. The molecule has 3 nitrogen and oxygen atoms in total. The van der Waals surface area contributed by atoms with Crippen LogP contribution in [0.1, 0.15) is 37.7 Å². The molecule has 29 heavy (non-hydrogen) atoms. The summed E-state index contributed by atoms with van der Waals surface area (Å²) in [5.74, 6) is 0.784. The molecule has 2 aromatic rings. The maximum Gasteiger partial charge on any atom is 0.416 e. The summed E-state index contributed by atoms with van der Waals surface area (Å²) in [4.78, 5) is 12.2. The van der Waals surface area contributed by atoms with E-state index in [0.29, 0.717) is 29.4 Å². The van der Waals surface area contributed by atoms with E-state index in [2.05, 4.69) is 0 Å². The SMILES string of the molecule is O=C(Oc1cc(Cl)c(-c2ccc(C(F)(F)F)cc2)c(OCC2CC2)c1)C1CCC1. The molecule has 0 aromatic heterocycles. The van der Waals surface area contributed by atoms with Crippen molar-refractivity contribution in [2.24, 2.45) is 11.8 Å². The smallest absolute Gasteiger partial charge is 0.416 e. The molecule has 0 unspecified atom stereocenters. The second kappa shape index (κ2) is 7.90. The van der Waals surface area contributed by atoms with Crippen molar-refractivity contribution in [3.8, 4) is 22.6 Å². The highest BCUT2D eigenvalue weighted by Gasteiger charge is 2.31. The highest BCUT2D eigenvalue weighted by Crippen LogP contribution is 2.42. The highest BCUT2D eigenvalue weighted by atomic mass is 35.5. The third kappa shape index (κ3) is 4.69. The number of alkyl halides is 3. The molecule has 154 valence electrons. The van der Waals surface area contributed by atoms with E-state index in [1.54, 1.807) is 6.07 Å². The minimum atomic E-state index is -4.41. The van der Waals surface area contributed by atoms with E-state index in [1.807, 2.05) is 0 Å². The third-order valence-electron chi connectivity index (χ3n) is 5.36. The zero-order chi connectivity index (χ0) is 20.6. The number of rotatable bonds is 6. The molecule has 0 amide bonds. The Morgan fingerprint density at radius 2 is 1.76 bits per heavy atom. The van der Waals surface area contributed by atoms with Crippen LogP contribution in [0, 0.1) is 11.8 Å². The minimum Gasteiger partial charge on any atom is -0.492 e. The van der Waals surface area contributed by atoms with Crippen molar-refractivity contribution in [1.29, 1.82) is 0 Å². The van der Waals surface area contributed by atoms with E-state index in [-0.39, 0.29) is 22.7 Å². The molecule has 0 spiro atoms. The average molecular weight is 425 g/mol. The molecule has 2 aromatic carbocycles. The van der Waals surface area contributed by atoms with Crippen LogP contribution in [0.15, 0.2) is 36.4 Å². The van der Waals surface area contributed by atoms with Gasteiger partial charge in [-0.05, 0) is 49.3 Å². The summed E-state index contributed by atoms with van der Waals surface area (Å²) in [6, 6.07) is 7.87. The zero-order valence-corrected chi connectivity index (χ0v) is 16.4. The number of hydrogen-bond acceptors (Lipinski definition) is 3. The lowest BCUT2D eigenvalue weighted by Crippen LogP contribution is -2.26. The fraction of sp³-hybridized carbons (Fsp3) is 0.409. The van der Waals surface area contributed by atoms with Gasteiger partial charge in [-0.1, -0.05) is 30.2 Å². The lowest BCUT2D eigenvalue weighted by molar-refractivity contribution is -0.141. The van der Waals surface area contributed by atoms with E-state index >= 15 is 0 Å². The Labute approximate surface area is 171 Å². The fourth-order valence-electron chi connectivity index (χ4n) is 3.17. The maximum absolute atomic E-state index is 12.9. The van der Waals surface area contributed by atoms with E-state index in [9.17, 15) is 18.0 Å². The van der Waals surface area contributed by atoms with Gasteiger partial charge in [0.2, 0.25) is 0 Å². The van der Waals surface area contributed by atoms with Gasteiger partial charge in [0.15, 0.2) is 0 Å². The van der Waals surface area contributed by atoms with Gasteiger partial charge in [0.1, 0.15) is 11.5 Å². The third-order valence-corrected chi connectivity index (χ3v) is 5.65. The Hall–Kier alpha value is -2.21. The first-order chi connectivity index (χ1) is 13.8. The summed E-state index contributed by atoms with van der Waals surface area (Å²) in [7, 11) is 0. The number of carbonyl (C=O) groups excluding carboxylic acids is 1. The van der Waals surface area contributed by atoms with Crippen molar-refractivity contribution in [2.75, 3.05) is 6.61 Å². The molecule has 7 heteroatoms. The molecule has 0 heterocycles. The van der Waals surface area contributed by atoms with Crippen LogP contribution < -0.4 is 9.47 Å². The fourth-order valence-corrected chi connectivity index (χ4v) is 3.48. The summed E-state index contributed by atoms with van der Waals surface area (Å²) in [5.41, 5.74) is 0.263. The van der Waals surface area contributed by atoms with Gasteiger partial charge in [-0.3, -0.25) is 4.79 Å². The van der Waals surface area contributed by atoms with E-state index in [0.717, 1.165) is 44.2 Å². The highest BCUT2D eigenvalue weighted by molar-refractivity contribution is 6.34. The number of benzene rings is 2. The van der Waals surface area contributed by atoms with E-state index in [4.69, 9.17) is 21.1 Å². The molecule has 0 aliphatic heterocycles. The number of carbonyl (C=O) groups is 1. The molecule has 0 N–H and O–H groups in total. The first-order valence-electron chi connectivity index (χ1n) is 9.67. The van der Waals surface area contributed by atoms with Crippen molar-refractivity contribution >= 4 is 17.6 Å². The van der Waals surface area contributed by atoms with Crippen molar-refractivity contribution in [1.82, 2.24) is 0 Å². The van der Waals surface area contributed by atoms with Gasteiger partial charge in [-0.25, -0.2) is 0 Å². The lowest BCUT2D eigenvalue weighted by Gasteiger charge is -2.23. The number of hydrogen-bond donors (Lipinski definition) is 0. The zero-order valence-electron chi connectivity index (χ0n) is 15.6. The van der Waals surface area contributed by atoms with Crippen LogP contribution in [0.5, 0.6) is 11.5 Å². The van der Waals surface area contributed by atoms with Gasteiger partial charge in [0.05, 0.1) is 23.1 Å². The molecule has 2 fully saturated rings. The molecule has 2 aliphatic carbocycles.